The molecule has 4 aliphatic heterocycles. The van der Waals surface area contributed by atoms with Crippen molar-refractivity contribution in [2.24, 2.45) is 0 Å². The zero-order chi connectivity index (χ0) is 29.7. The second-order valence-corrected chi connectivity index (χ2v) is 13.4. The third-order valence-electron chi connectivity index (χ3n) is 10.7. The molecule has 2 aromatic carbocycles. The van der Waals surface area contributed by atoms with Crippen LogP contribution in [0.4, 0.5) is 5.82 Å². The van der Waals surface area contributed by atoms with Crippen LogP contribution in [0.25, 0.3) is 10.8 Å². The van der Waals surface area contributed by atoms with Crippen molar-refractivity contribution in [3.63, 3.8) is 0 Å². The minimum Gasteiger partial charge on any atom is -0.461 e. The summed E-state index contributed by atoms with van der Waals surface area (Å²) in [5, 5.41) is 14.0. The number of aromatic nitrogens is 5. The molecular weight excluding hydrogens is 548 g/mol. The van der Waals surface area contributed by atoms with Gasteiger partial charge < -0.3 is 15.0 Å². The van der Waals surface area contributed by atoms with Gasteiger partial charge in [-0.15, -0.1) is 0 Å². The van der Waals surface area contributed by atoms with E-state index in [-0.39, 0.29) is 17.4 Å². The maximum atomic E-state index is 6.61. The van der Waals surface area contributed by atoms with Gasteiger partial charge in [-0.2, -0.15) is 15.1 Å². The number of H-pyrrole nitrogens is 1. The predicted molar refractivity (Wildman–Crippen MR) is 172 cm³/mol. The first-order valence-electron chi connectivity index (χ1n) is 16.8. The molecule has 0 aliphatic carbocycles. The number of ether oxygens (including phenoxy) is 1. The molecule has 230 valence electrons. The molecule has 2 aromatic heterocycles. The van der Waals surface area contributed by atoms with E-state index < -0.39 is 0 Å². The summed E-state index contributed by atoms with van der Waals surface area (Å²) in [5.74, 6) is 3.22. The lowest BCUT2D eigenvalue weighted by molar-refractivity contribution is 0.107. The number of rotatable bonds is 7. The number of nitrogens with zero attached hydrogens (tertiary/aromatic N) is 6. The molecule has 0 saturated carbocycles. The molecule has 8 rings (SSSR count). The second kappa shape index (κ2) is 11.4. The smallest absolute Gasteiger partial charge is 0.318 e. The van der Waals surface area contributed by atoms with Crippen LogP contribution in [-0.2, 0) is 13.0 Å². The normalized spacial score (nSPS) is 23.2. The van der Waals surface area contributed by atoms with Gasteiger partial charge in [-0.25, -0.2) is 4.98 Å². The van der Waals surface area contributed by atoms with Gasteiger partial charge in [0.1, 0.15) is 18.2 Å². The topological polar surface area (TPSA) is 95.1 Å². The van der Waals surface area contributed by atoms with Crippen LogP contribution < -0.4 is 15.0 Å². The third-order valence-corrected chi connectivity index (χ3v) is 10.7. The van der Waals surface area contributed by atoms with E-state index in [2.05, 4.69) is 68.6 Å². The summed E-state index contributed by atoms with van der Waals surface area (Å²) in [6, 6.07) is 14.0. The Labute approximate surface area is 259 Å². The van der Waals surface area contributed by atoms with Crippen molar-refractivity contribution in [1.82, 2.24) is 35.4 Å². The van der Waals surface area contributed by atoms with Crippen LogP contribution >= 0.6 is 0 Å². The van der Waals surface area contributed by atoms with Crippen LogP contribution in [0, 0.1) is 6.92 Å². The van der Waals surface area contributed by atoms with E-state index in [4.69, 9.17) is 19.7 Å². The van der Waals surface area contributed by atoms with Crippen molar-refractivity contribution in [2.45, 2.75) is 82.7 Å². The van der Waals surface area contributed by atoms with Gasteiger partial charge in [0.25, 0.3) is 0 Å². The molecule has 2 atom stereocenters. The summed E-state index contributed by atoms with van der Waals surface area (Å²) in [6.07, 6.45) is 8.08. The first kappa shape index (κ1) is 28.0. The zero-order valence-corrected chi connectivity index (χ0v) is 26.1. The first-order valence-corrected chi connectivity index (χ1v) is 16.8. The lowest BCUT2D eigenvalue weighted by Crippen LogP contribution is -2.44. The van der Waals surface area contributed by atoms with Gasteiger partial charge in [-0.05, 0) is 86.9 Å². The van der Waals surface area contributed by atoms with Crippen molar-refractivity contribution >= 4 is 16.6 Å². The van der Waals surface area contributed by atoms with Gasteiger partial charge in [-0.3, -0.25) is 10.00 Å². The molecule has 0 bridgehead atoms. The Hall–Kier alpha value is -3.56. The summed E-state index contributed by atoms with van der Waals surface area (Å²) in [5.41, 5.74) is 5.22. The average molecular weight is 593 g/mol. The van der Waals surface area contributed by atoms with Gasteiger partial charge in [0.05, 0.1) is 11.2 Å². The summed E-state index contributed by atoms with van der Waals surface area (Å²) in [4.78, 5) is 20.3. The molecule has 2 N–H and O–H groups in total. The molecule has 3 saturated heterocycles. The van der Waals surface area contributed by atoms with Crippen molar-refractivity contribution in [3.8, 4) is 6.01 Å². The summed E-state index contributed by atoms with van der Waals surface area (Å²) >= 11 is 0. The number of fused-ring (bicyclic) bond motifs is 3. The maximum absolute atomic E-state index is 6.61. The fourth-order valence-electron chi connectivity index (χ4n) is 8.60. The second-order valence-electron chi connectivity index (χ2n) is 13.4. The molecule has 9 nitrogen and oxygen atoms in total. The van der Waals surface area contributed by atoms with Crippen LogP contribution in [0.3, 0.4) is 0 Å². The first-order chi connectivity index (χ1) is 21.6. The number of hydrogen-bond donors (Lipinski definition) is 2. The summed E-state index contributed by atoms with van der Waals surface area (Å²) in [6.45, 7) is 10.6. The van der Waals surface area contributed by atoms with Crippen LogP contribution in [0.15, 0.2) is 36.4 Å². The van der Waals surface area contributed by atoms with Gasteiger partial charge >= 0.3 is 6.01 Å². The Morgan fingerprint density at radius 3 is 2.64 bits per heavy atom. The molecule has 9 heteroatoms. The van der Waals surface area contributed by atoms with E-state index in [9.17, 15) is 0 Å². The Bertz CT molecular complexity index is 1650. The van der Waals surface area contributed by atoms with Crippen molar-refractivity contribution < 1.29 is 4.74 Å². The van der Waals surface area contributed by atoms with Gasteiger partial charge in [0.2, 0.25) is 0 Å². The fourth-order valence-corrected chi connectivity index (χ4v) is 8.60. The maximum Gasteiger partial charge on any atom is 0.318 e. The van der Waals surface area contributed by atoms with Crippen LogP contribution in [0.5, 0.6) is 6.01 Å². The molecule has 6 heterocycles. The van der Waals surface area contributed by atoms with Crippen molar-refractivity contribution in [1.29, 1.82) is 0 Å². The van der Waals surface area contributed by atoms with E-state index in [1.165, 1.54) is 66.2 Å². The fraction of sp³-hybridized carbons (Fsp3) is 0.543. The van der Waals surface area contributed by atoms with Crippen molar-refractivity contribution in [3.05, 3.63) is 70.4 Å². The minimum atomic E-state index is 0.143. The van der Waals surface area contributed by atoms with Crippen LogP contribution in [0.1, 0.15) is 91.3 Å². The number of nitrogens with one attached hydrogen (secondary N) is 2. The number of aromatic amines is 1. The van der Waals surface area contributed by atoms with E-state index in [1.807, 2.05) is 6.92 Å². The average Bonchev–Trinajstić information content (AvgIpc) is 3.79. The van der Waals surface area contributed by atoms with Gasteiger partial charge in [0.15, 0.2) is 5.82 Å². The highest BCUT2D eigenvalue weighted by Gasteiger charge is 2.45. The third kappa shape index (κ3) is 4.85. The highest BCUT2D eigenvalue weighted by atomic mass is 16.5. The number of anilines is 1. The Balaban J connectivity index is 1.22. The Morgan fingerprint density at radius 1 is 1.00 bits per heavy atom. The minimum absolute atomic E-state index is 0.143. The molecule has 0 spiro atoms. The largest absolute Gasteiger partial charge is 0.461 e. The number of benzene rings is 2. The van der Waals surface area contributed by atoms with Crippen LogP contribution in [0.2, 0.25) is 0 Å². The lowest BCUT2D eigenvalue weighted by Gasteiger charge is -2.37. The van der Waals surface area contributed by atoms with Gasteiger partial charge in [0, 0.05) is 43.6 Å². The Kier molecular flexibility index (Phi) is 7.25. The number of aryl methyl sites for hydroxylation is 2. The molecular formula is C35H44N8O. The highest BCUT2D eigenvalue weighted by Crippen LogP contribution is 2.43. The van der Waals surface area contributed by atoms with Gasteiger partial charge in [-0.1, -0.05) is 43.3 Å². The highest BCUT2D eigenvalue weighted by molar-refractivity contribution is 5.90. The van der Waals surface area contributed by atoms with E-state index in [0.29, 0.717) is 12.6 Å². The monoisotopic (exact) mass is 592 g/mol. The quantitative estimate of drug-likeness (QED) is 0.301. The molecule has 3 fully saturated rings. The van der Waals surface area contributed by atoms with E-state index in [0.717, 1.165) is 68.6 Å². The van der Waals surface area contributed by atoms with Crippen LogP contribution in [-0.4, -0.2) is 74.9 Å². The SMILES string of the molecule is CCc1cccc2cccc(C3CNCc4nc(OCC56CCCN5CCC6)nc(N5CCCC(c6n[nH]c(C)n6)C5)c43)c12. The molecule has 2 unspecified atom stereocenters. The molecule has 44 heavy (non-hydrogen) atoms. The standard InChI is InChI=1S/C35H44N8O/c1-3-24-9-4-10-25-11-5-13-27(30(24)25)28-19-36-20-29-31(28)33(42-16-6-12-26(21-42)32-37-23(2)40-41-32)39-34(38-29)44-22-35-14-7-17-43(35)18-8-15-35/h4-5,9-11,13,26,28,36H,3,6-8,12,14-22H2,1-2H3,(H,37,40,41). The van der Waals surface area contributed by atoms with E-state index in [1.54, 1.807) is 0 Å². The summed E-state index contributed by atoms with van der Waals surface area (Å²) in [7, 11) is 0. The molecule has 4 aliphatic rings. The number of hydrogen-bond acceptors (Lipinski definition) is 8. The molecule has 0 amide bonds. The van der Waals surface area contributed by atoms with E-state index >= 15 is 0 Å². The van der Waals surface area contributed by atoms with Crippen molar-refractivity contribution in [2.75, 3.05) is 44.2 Å². The number of piperidine rings is 1. The molecule has 4 aromatic rings. The lowest BCUT2D eigenvalue weighted by atomic mass is 9.83. The Morgan fingerprint density at radius 2 is 1.84 bits per heavy atom. The summed E-state index contributed by atoms with van der Waals surface area (Å²) < 4.78 is 6.61. The predicted octanol–water partition coefficient (Wildman–Crippen LogP) is 5.25. The molecule has 0 radical (unpaired) electrons. The zero-order valence-electron chi connectivity index (χ0n) is 26.1.